The number of amides is 1. The maximum Gasteiger partial charge on any atom is 0.230 e. The van der Waals surface area contributed by atoms with Crippen LogP contribution < -0.4 is 5.73 Å². The van der Waals surface area contributed by atoms with Crippen LogP contribution in [0.2, 0.25) is 0 Å². The molecule has 5 atom stereocenters. The molecule has 3 aliphatic carbocycles. The Hall–Kier alpha value is -3.01. The molecule has 2 unspecified atom stereocenters. The number of Topliss-reactive ketones (excluding diaryl/α,β-unsaturated/α-hetero) is 2. The van der Waals surface area contributed by atoms with E-state index in [4.69, 9.17) is 5.73 Å². The highest BCUT2D eigenvalue weighted by atomic mass is 32.1. The summed E-state index contributed by atoms with van der Waals surface area (Å²) in [6.07, 6.45) is -1.09. The highest BCUT2D eigenvalue weighted by molar-refractivity contribution is 7.13. The van der Waals surface area contributed by atoms with E-state index >= 15 is 0 Å². The van der Waals surface area contributed by atoms with E-state index in [1.165, 1.54) is 17.4 Å². The highest BCUT2D eigenvalue weighted by Gasteiger charge is 2.63. The Kier molecular flexibility index (Phi) is 4.79. The van der Waals surface area contributed by atoms with Crippen LogP contribution in [-0.4, -0.2) is 49.6 Å². The first-order valence-corrected chi connectivity index (χ1v) is 11.6. The van der Waals surface area contributed by atoms with Gasteiger partial charge in [-0.15, -0.1) is 11.3 Å². The highest BCUT2D eigenvalue weighted by Crippen LogP contribution is 2.52. The summed E-state index contributed by atoms with van der Waals surface area (Å²) in [7, 11) is 0. The van der Waals surface area contributed by atoms with Crippen molar-refractivity contribution in [3.05, 3.63) is 45.8 Å². The molecule has 0 bridgehead atoms. The fourth-order valence-electron chi connectivity index (χ4n) is 5.73. The van der Waals surface area contributed by atoms with E-state index in [1.807, 2.05) is 18.4 Å². The van der Waals surface area contributed by atoms with Crippen LogP contribution in [0.15, 0.2) is 29.2 Å². The number of carbonyl (C=O) groups excluding carboxylic acids is 3. The molecule has 6 N–H and O–H groups in total. The normalized spacial score (nSPS) is 31.1. The monoisotopic (exact) mass is 469 g/mol. The molecule has 0 aliphatic heterocycles. The van der Waals surface area contributed by atoms with Crippen molar-refractivity contribution < 1.29 is 34.8 Å². The van der Waals surface area contributed by atoms with E-state index in [2.05, 4.69) is 0 Å². The van der Waals surface area contributed by atoms with Crippen molar-refractivity contribution in [2.45, 2.75) is 37.9 Å². The fraction of sp³-hybridized carbons (Fsp3) is 0.375. The second-order valence-corrected chi connectivity index (χ2v) is 10.1. The third kappa shape index (κ3) is 2.92. The van der Waals surface area contributed by atoms with Gasteiger partial charge in [-0.2, -0.15) is 0 Å². The number of benzene rings is 1. The Bertz CT molecular complexity index is 1260. The van der Waals surface area contributed by atoms with Crippen LogP contribution in [-0.2, 0) is 20.8 Å². The number of thiophene rings is 1. The molecule has 2 fully saturated rings. The predicted molar refractivity (Wildman–Crippen MR) is 119 cm³/mol. The van der Waals surface area contributed by atoms with Gasteiger partial charge in [0.1, 0.15) is 17.4 Å². The van der Waals surface area contributed by atoms with Crippen molar-refractivity contribution >= 4 is 34.6 Å². The molecule has 5 rings (SSSR count). The number of phenolic OH excluding ortho intramolecular Hbond substituents is 1. The summed E-state index contributed by atoms with van der Waals surface area (Å²) >= 11 is 1.53. The van der Waals surface area contributed by atoms with Gasteiger partial charge in [-0.25, -0.2) is 0 Å². The first-order valence-electron chi connectivity index (χ1n) is 10.7. The zero-order valence-corrected chi connectivity index (χ0v) is 18.6. The van der Waals surface area contributed by atoms with Crippen molar-refractivity contribution in [1.82, 2.24) is 0 Å². The minimum Gasteiger partial charge on any atom is -0.507 e. The lowest BCUT2D eigenvalue weighted by Gasteiger charge is -2.48. The molecule has 1 amide bonds. The summed E-state index contributed by atoms with van der Waals surface area (Å²) in [6.45, 7) is 1.97. The largest absolute Gasteiger partial charge is 0.507 e. The Morgan fingerprint density at radius 2 is 1.94 bits per heavy atom. The van der Waals surface area contributed by atoms with Gasteiger partial charge in [0.25, 0.3) is 0 Å². The lowest BCUT2D eigenvalue weighted by molar-refractivity contribution is -0.174. The summed E-state index contributed by atoms with van der Waals surface area (Å²) in [6, 6.07) is 5.21. The molecule has 2 aromatic rings. The van der Waals surface area contributed by atoms with Crippen LogP contribution in [0.25, 0.3) is 16.2 Å². The van der Waals surface area contributed by atoms with Crippen molar-refractivity contribution in [2.24, 2.45) is 23.5 Å². The van der Waals surface area contributed by atoms with E-state index in [0.29, 0.717) is 12.0 Å². The topological polar surface area (TPSA) is 158 Å². The Morgan fingerprint density at radius 3 is 2.58 bits per heavy atom. The van der Waals surface area contributed by atoms with Crippen molar-refractivity contribution in [2.75, 3.05) is 0 Å². The number of rotatable bonds is 2. The molecule has 0 spiro atoms. The number of ketones is 2. The van der Waals surface area contributed by atoms with Crippen LogP contribution in [0.3, 0.4) is 0 Å². The maximum atomic E-state index is 13.5. The summed E-state index contributed by atoms with van der Waals surface area (Å²) in [5.74, 6) is -7.08. The molecule has 1 heterocycles. The van der Waals surface area contributed by atoms with Gasteiger partial charge in [0.2, 0.25) is 11.7 Å². The molecule has 1 aromatic carbocycles. The molecule has 0 saturated heterocycles. The number of hydrogen-bond acceptors (Lipinski definition) is 8. The third-order valence-corrected chi connectivity index (χ3v) is 8.35. The van der Waals surface area contributed by atoms with Crippen LogP contribution >= 0.6 is 11.3 Å². The van der Waals surface area contributed by atoms with Crippen LogP contribution in [0, 0.1) is 24.7 Å². The Morgan fingerprint density at radius 1 is 1.21 bits per heavy atom. The number of nitrogens with two attached hydrogens (primary N) is 1. The number of aliphatic hydroxyl groups excluding tert-OH is 2. The summed E-state index contributed by atoms with van der Waals surface area (Å²) < 4.78 is 0. The quantitative estimate of drug-likeness (QED) is 0.418. The minimum absolute atomic E-state index is 0.106. The van der Waals surface area contributed by atoms with E-state index in [-0.39, 0.29) is 29.7 Å². The first-order chi connectivity index (χ1) is 15.6. The van der Waals surface area contributed by atoms with Crippen LogP contribution in [0.4, 0.5) is 0 Å². The Labute approximate surface area is 193 Å². The average Bonchev–Trinajstić information content (AvgIpc) is 3.16. The SMILES string of the molecule is Cc1csc(-c2ccc(O)c3c2C[C@H]2C[C@H]4CC(O)C(C(N)=O)C(=O)[C@@]4(O)C(=O)C2=C3O)c1. The zero-order chi connectivity index (χ0) is 23.8. The average molecular weight is 470 g/mol. The molecule has 9 heteroatoms. The number of primary amides is 1. The predicted octanol–water partition coefficient (Wildman–Crippen LogP) is 1.63. The number of phenols is 1. The molecule has 2 saturated carbocycles. The van der Waals surface area contributed by atoms with Crippen molar-refractivity contribution in [3.63, 3.8) is 0 Å². The molecule has 1 aromatic heterocycles. The van der Waals surface area contributed by atoms with Gasteiger partial charge in [0.05, 0.1) is 11.7 Å². The maximum absolute atomic E-state index is 13.5. The van der Waals surface area contributed by atoms with Gasteiger partial charge >= 0.3 is 0 Å². The van der Waals surface area contributed by atoms with Gasteiger partial charge in [-0.1, -0.05) is 0 Å². The summed E-state index contributed by atoms with van der Waals surface area (Å²) in [4.78, 5) is 39.2. The summed E-state index contributed by atoms with van der Waals surface area (Å²) in [5.41, 5.74) is 5.25. The molecular weight excluding hydrogens is 446 g/mol. The molecule has 3 aliphatic rings. The van der Waals surface area contributed by atoms with Gasteiger partial charge in [0.15, 0.2) is 11.4 Å². The molecule has 172 valence electrons. The van der Waals surface area contributed by atoms with Gasteiger partial charge in [-0.05, 0) is 72.4 Å². The number of hydrogen-bond donors (Lipinski definition) is 5. The standard InChI is InChI=1S/C24H23NO7S/c1-9-4-16(33-8-9)12-2-3-14(26)18-13(12)6-10-5-11-7-15(27)19(23(25)31)22(30)24(11,32)21(29)17(10)20(18)28/h2-4,8,10-11,15,19,26-28,32H,5-7H2,1H3,(H2,25,31)/t10-,11+,15?,19?,24+/m1/s1. The number of fused-ring (bicyclic) bond motifs is 3. The minimum atomic E-state index is -2.56. The first kappa shape index (κ1) is 21.8. The fourth-order valence-corrected chi connectivity index (χ4v) is 6.68. The van der Waals surface area contributed by atoms with E-state index in [9.17, 15) is 34.8 Å². The molecule has 33 heavy (non-hydrogen) atoms. The lowest BCUT2D eigenvalue weighted by Crippen LogP contribution is -2.66. The van der Waals surface area contributed by atoms with Crippen LogP contribution in [0.1, 0.15) is 29.5 Å². The zero-order valence-electron chi connectivity index (χ0n) is 17.7. The number of aryl methyl sites for hydroxylation is 1. The third-order valence-electron chi connectivity index (χ3n) is 7.26. The van der Waals surface area contributed by atoms with E-state index in [1.54, 1.807) is 6.07 Å². The van der Waals surface area contributed by atoms with Gasteiger partial charge < -0.3 is 26.2 Å². The second kappa shape index (κ2) is 7.24. The molecule has 8 nitrogen and oxygen atoms in total. The van der Waals surface area contributed by atoms with Gasteiger partial charge in [-0.3, -0.25) is 14.4 Å². The van der Waals surface area contributed by atoms with Crippen molar-refractivity contribution in [3.8, 4) is 16.2 Å². The smallest absolute Gasteiger partial charge is 0.230 e. The van der Waals surface area contributed by atoms with Crippen LogP contribution in [0.5, 0.6) is 5.75 Å². The van der Waals surface area contributed by atoms with E-state index < -0.39 is 52.7 Å². The Balaban J connectivity index is 1.67. The summed E-state index contributed by atoms with van der Waals surface area (Å²) in [5, 5.41) is 45.3. The second-order valence-electron chi connectivity index (χ2n) is 9.21. The number of aliphatic hydroxyl groups is 3. The molecular formula is C24H23NO7S. The van der Waals surface area contributed by atoms with Gasteiger partial charge in [0, 0.05) is 16.4 Å². The van der Waals surface area contributed by atoms with E-state index in [0.717, 1.165) is 16.0 Å². The number of aromatic hydroxyl groups is 1. The lowest BCUT2D eigenvalue weighted by atomic mass is 9.56. The molecule has 0 radical (unpaired) electrons. The number of carbonyl (C=O) groups is 3. The van der Waals surface area contributed by atoms with Crippen molar-refractivity contribution in [1.29, 1.82) is 0 Å².